The van der Waals surface area contributed by atoms with Crippen LogP contribution < -0.4 is 14.8 Å². The third kappa shape index (κ3) is 5.34. The van der Waals surface area contributed by atoms with E-state index < -0.39 is 10.9 Å². The van der Waals surface area contributed by atoms with Crippen molar-refractivity contribution >= 4 is 17.3 Å². The molecule has 0 aliphatic carbocycles. The molecule has 9 nitrogen and oxygen atoms in total. The van der Waals surface area contributed by atoms with Crippen LogP contribution in [0.1, 0.15) is 15.9 Å². The molecule has 0 aromatic heterocycles. The first kappa shape index (κ1) is 21.0. The van der Waals surface area contributed by atoms with E-state index in [2.05, 4.69) is 5.32 Å². The number of ether oxygens (including phenoxy) is 4. The molecule has 0 radical (unpaired) electrons. The Morgan fingerprint density at radius 3 is 2.54 bits per heavy atom. The van der Waals surface area contributed by atoms with Crippen LogP contribution in [0.4, 0.5) is 11.4 Å². The summed E-state index contributed by atoms with van der Waals surface area (Å²) < 4.78 is 20.8. The number of methoxy groups -OCH3 is 3. The first-order valence-electron chi connectivity index (χ1n) is 8.39. The van der Waals surface area contributed by atoms with E-state index in [1.165, 1.54) is 32.4 Å². The van der Waals surface area contributed by atoms with E-state index in [1.807, 2.05) is 0 Å². The van der Waals surface area contributed by atoms with Crippen molar-refractivity contribution in [2.75, 3.05) is 39.8 Å². The number of esters is 1. The fraction of sp³-hybridized carbons (Fsp3) is 0.316. The highest BCUT2D eigenvalue weighted by atomic mass is 16.6. The Hall–Kier alpha value is -3.33. The molecule has 0 saturated carbocycles. The molecule has 150 valence electrons. The molecule has 1 N–H and O–H groups in total. The minimum absolute atomic E-state index is 0.0622. The van der Waals surface area contributed by atoms with Crippen molar-refractivity contribution in [1.82, 2.24) is 0 Å². The fourth-order valence-corrected chi connectivity index (χ4v) is 2.47. The molecule has 0 aliphatic heterocycles. The van der Waals surface area contributed by atoms with Crippen molar-refractivity contribution in [3.8, 4) is 11.5 Å². The number of nitro benzene ring substituents is 1. The monoisotopic (exact) mass is 390 g/mol. The molecule has 0 atom stereocenters. The van der Waals surface area contributed by atoms with Crippen LogP contribution in [0.2, 0.25) is 0 Å². The number of non-ortho nitro benzene ring substituents is 1. The smallest absolute Gasteiger partial charge is 0.340 e. The van der Waals surface area contributed by atoms with Crippen LogP contribution >= 0.6 is 0 Å². The second-order valence-corrected chi connectivity index (χ2v) is 5.66. The largest absolute Gasteiger partial charge is 0.497 e. The maximum Gasteiger partial charge on any atom is 0.340 e. The Morgan fingerprint density at radius 1 is 1.11 bits per heavy atom. The minimum Gasteiger partial charge on any atom is -0.497 e. The van der Waals surface area contributed by atoms with Gasteiger partial charge in [-0.3, -0.25) is 10.1 Å². The molecule has 2 aromatic rings. The molecule has 0 heterocycles. The van der Waals surface area contributed by atoms with Crippen molar-refractivity contribution in [3.05, 3.63) is 57.6 Å². The van der Waals surface area contributed by atoms with E-state index in [0.717, 1.165) is 0 Å². The highest BCUT2D eigenvalue weighted by Crippen LogP contribution is 2.27. The van der Waals surface area contributed by atoms with Gasteiger partial charge < -0.3 is 24.3 Å². The quantitative estimate of drug-likeness (QED) is 0.285. The molecule has 9 heteroatoms. The Labute approximate surface area is 162 Å². The molecule has 0 unspecified atom stereocenters. The predicted octanol–water partition coefficient (Wildman–Crippen LogP) is 3.03. The maximum absolute atomic E-state index is 12.6. The average molecular weight is 390 g/mol. The summed E-state index contributed by atoms with van der Waals surface area (Å²) in [5, 5.41) is 14.1. The standard InChI is InChI=1S/C19H22N2O7/c1-25-9-8-20-17-6-4-14(21(23)24)11-16(17)19(22)28-12-13-10-15(26-2)5-7-18(13)27-3/h4-7,10-11,20H,8-9,12H2,1-3H3. The summed E-state index contributed by atoms with van der Waals surface area (Å²) in [6.45, 7) is 0.754. The number of rotatable bonds is 10. The number of carbonyl (C=O) groups excluding carboxylic acids is 1. The molecular formula is C19H22N2O7. The van der Waals surface area contributed by atoms with E-state index in [9.17, 15) is 14.9 Å². The molecule has 0 bridgehead atoms. The summed E-state index contributed by atoms with van der Waals surface area (Å²) in [7, 11) is 4.58. The Morgan fingerprint density at radius 2 is 1.89 bits per heavy atom. The first-order valence-corrected chi connectivity index (χ1v) is 8.39. The number of nitrogens with zero attached hydrogens (tertiary/aromatic N) is 1. The van der Waals surface area contributed by atoms with Gasteiger partial charge in [-0.15, -0.1) is 0 Å². The van der Waals surface area contributed by atoms with Gasteiger partial charge in [-0.25, -0.2) is 4.79 Å². The van der Waals surface area contributed by atoms with Crippen molar-refractivity contribution in [3.63, 3.8) is 0 Å². The number of hydrogen-bond donors (Lipinski definition) is 1. The topological polar surface area (TPSA) is 109 Å². The highest BCUT2D eigenvalue weighted by Gasteiger charge is 2.19. The van der Waals surface area contributed by atoms with Crippen LogP contribution in [0.5, 0.6) is 11.5 Å². The van der Waals surface area contributed by atoms with Crippen LogP contribution in [-0.2, 0) is 16.1 Å². The van der Waals surface area contributed by atoms with Gasteiger partial charge in [-0.05, 0) is 24.3 Å². The third-order valence-electron chi connectivity index (χ3n) is 3.90. The lowest BCUT2D eigenvalue weighted by Crippen LogP contribution is -2.13. The van der Waals surface area contributed by atoms with Crippen LogP contribution in [-0.4, -0.2) is 45.4 Å². The van der Waals surface area contributed by atoms with E-state index in [4.69, 9.17) is 18.9 Å². The third-order valence-corrected chi connectivity index (χ3v) is 3.90. The molecule has 0 spiro atoms. The van der Waals surface area contributed by atoms with Crippen molar-refractivity contribution in [1.29, 1.82) is 0 Å². The number of hydrogen-bond acceptors (Lipinski definition) is 8. The van der Waals surface area contributed by atoms with E-state index in [-0.39, 0.29) is 17.9 Å². The van der Waals surface area contributed by atoms with Crippen LogP contribution in [0.25, 0.3) is 0 Å². The van der Waals surface area contributed by atoms with Crippen LogP contribution in [0.15, 0.2) is 36.4 Å². The SMILES string of the molecule is COCCNc1ccc([N+](=O)[O-])cc1C(=O)OCc1cc(OC)ccc1OC. The lowest BCUT2D eigenvalue weighted by atomic mass is 10.1. The van der Waals surface area contributed by atoms with Gasteiger partial charge in [-0.2, -0.15) is 0 Å². The zero-order chi connectivity index (χ0) is 20.5. The van der Waals surface area contributed by atoms with Gasteiger partial charge in [0.1, 0.15) is 18.1 Å². The normalized spacial score (nSPS) is 10.2. The zero-order valence-electron chi connectivity index (χ0n) is 15.9. The molecule has 0 fully saturated rings. The first-order chi connectivity index (χ1) is 13.5. The second-order valence-electron chi connectivity index (χ2n) is 5.66. The Balaban J connectivity index is 2.22. The summed E-state index contributed by atoms with van der Waals surface area (Å²) in [6.07, 6.45) is 0. The predicted molar refractivity (Wildman–Crippen MR) is 102 cm³/mol. The lowest BCUT2D eigenvalue weighted by Gasteiger charge is -2.13. The molecule has 0 amide bonds. The van der Waals surface area contributed by atoms with Gasteiger partial charge in [0.25, 0.3) is 5.69 Å². The zero-order valence-corrected chi connectivity index (χ0v) is 15.9. The van der Waals surface area contributed by atoms with E-state index in [1.54, 1.807) is 25.3 Å². The summed E-state index contributed by atoms with van der Waals surface area (Å²) in [5.74, 6) is 0.420. The molecule has 2 aromatic carbocycles. The van der Waals surface area contributed by atoms with Gasteiger partial charge in [0.05, 0.1) is 31.3 Å². The van der Waals surface area contributed by atoms with Crippen molar-refractivity contribution in [2.45, 2.75) is 6.61 Å². The minimum atomic E-state index is -0.700. The van der Waals surface area contributed by atoms with Gasteiger partial charge in [-0.1, -0.05) is 0 Å². The molecule has 0 aliphatic rings. The van der Waals surface area contributed by atoms with Gasteiger partial charge in [0, 0.05) is 37.0 Å². The second kappa shape index (κ2) is 10.1. The Bertz CT molecular complexity index is 839. The lowest BCUT2D eigenvalue weighted by molar-refractivity contribution is -0.384. The van der Waals surface area contributed by atoms with Crippen LogP contribution in [0, 0.1) is 10.1 Å². The van der Waals surface area contributed by atoms with Gasteiger partial charge in [0.15, 0.2) is 0 Å². The number of nitrogens with one attached hydrogen (secondary N) is 1. The number of carbonyl (C=O) groups is 1. The van der Waals surface area contributed by atoms with E-state index in [0.29, 0.717) is 35.9 Å². The highest BCUT2D eigenvalue weighted by molar-refractivity contribution is 5.96. The summed E-state index contributed by atoms with van der Waals surface area (Å²) in [6, 6.07) is 9.08. The van der Waals surface area contributed by atoms with E-state index >= 15 is 0 Å². The summed E-state index contributed by atoms with van der Waals surface area (Å²) >= 11 is 0. The number of anilines is 1. The van der Waals surface area contributed by atoms with Crippen molar-refractivity contribution in [2.24, 2.45) is 0 Å². The Kier molecular flexibility index (Phi) is 7.58. The summed E-state index contributed by atoms with van der Waals surface area (Å²) in [5.41, 5.74) is 0.884. The molecule has 0 saturated heterocycles. The van der Waals surface area contributed by atoms with Crippen molar-refractivity contribution < 1.29 is 28.7 Å². The molecular weight excluding hydrogens is 368 g/mol. The maximum atomic E-state index is 12.6. The van der Waals surface area contributed by atoms with Gasteiger partial charge >= 0.3 is 5.97 Å². The average Bonchev–Trinajstić information content (AvgIpc) is 2.71. The van der Waals surface area contributed by atoms with Crippen LogP contribution in [0.3, 0.4) is 0 Å². The number of benzene rings is 2. The van der Waals surface area contributed by atoms with Gasteiger partial charge in [0.2, 0.25) is 0 Å². The number of nitro groups is 1. The molecule has 28 heavy (non-hydrogen) atoms. The summed E-state index contributed by atoms with van der Waals surface area (Å²) in [4.78, 5) is 23.1. The molecule has 2 rings (SSSR count). The fourth-order valence-electron chi connectivity index (χ4n) is 2.47.